The van der Waals surface area contributed by atoms with Gasteiger partial charge in [-0.2, -0.15) is 0 Å². The van der Waals surface area contributed by atoms with Crippen LogP contribution in [0.25, 0.3) is 0 Å². The van der Waals surface area contributed by atoms with Crippen molar-refractivity contribution in [1.29, 1.82) is 5.41 Å². The number of nitrogens with zero attached hydrogens (tertiary/aromatic N) is 2. The van der Waals surface area contributed by atoms with Gasteiger partial charge in [0.25, 0.3) is 0 Å². The number of likely N-dealkylation sites (tertiary alicyclic amines) is 1. The summed E-state index contributed by atoms with van der Waals surface area (Å²) in [7, 11) is 0. The van der Waals surface area contributed by atoms with Crippen molar-refractivity contribution in [3.63, 3.8) is 0 Å². The summed E-state index contributed by atoms with van der Waals surface area (Å²) in [6, 6.07) is 2.05. The van der Waals surface area contributed by atoms with Crippen molar-refractivity contribution in [3.05, 3.63) is 29.6 Å². The van der Waals surface area contributed by atoms with Gasteiger partial charge in [0.05, 0.1) is 5.84 Å². The maximum Gasteiger partial charge on any atom is 0.0960 e. The topological polar surface area (TPSA) is 40.0 Å². The molecule has 3 nitrogen and oxygen atoms in total. The van der Waals surface area contributed by atoms with E-state index in [9.17, 15) is 0 Å². The smallest absolute Gasteiger partial charge is 0.0960 e. The number of hydrogen-bond acceptors (Lipinski definition) is 2. The van der Waals surface area contributed by atoms with Crippen molar-refractivity contribution < 1.29 is 0 Å². The largest absolute Gasteiger partial charge is 0.356 e. The molecule has 1 aliphatic heterocycles. The zero-order valence-electron chi connectivity index (χ0n) is 9.16. The quantitative estimate of drug-likeness (QED) is 0.801. The minimum atomic E-state index is 0.789. The highest BCUT2D eigenvalue weighted by Crippen LogP contribution is 2.15. The second-order valence-corrected chi connectivity index (χ2v) is 4.13. The third-order valence-electron chi connectivity index (χ3n) is 2.97. The molecule has 1 aliphatic rings. The Balaban J connectivity index is 2.08. The van der Waals surface area contributed by atoms with E-state index in [0.717, 1.165) is 25.3 Å². The standard InChI is InChI=1S/C12H17N3/c1-10-8-14-6-5-11(10)9-15-7-3-2-4-12(15)13/h5-6,8,13H,2-4,7,9H2,1H3. The molecule has 1 saturated heterocycles. The number of amidine groups is 1. The summed E-state index contributed by atoms with van der Waals surface area (Å²) in [5.41, 5.74) is 2.51. The van der Waals surface area contributed by atoms with E-state index in [2.05, 4.69) is 22.9 Å². The molecule has 0 aliphatic carbocycles. The molecule has 0 aromatic carbocycles. The van der Waals surface area contributed by atoms with Gasteiger partial charge >= 0.3 is 0 Å². The van der Waals surface area contributed by atoms with Gasteiger partial charge in [0.2, 0.25) is 0 Å². The molecule has 1 aromatic rings. The highest BCUT2D eigenvalue weighted by Gasteiger charge is 2.15. The Hall–Kier alpha value is -1.38. The number of aromatic nitrogens is 1. The Morgan fingerprint density at radius 3 is 3.07 bits per heavy atom. The third kappa shape index (κ3) is 2.35. The molecule has 15 heavy (non-hydrogen) atoms. The maximum absolute atomic E-state index is 7.88. The summed E-state index contributed by atoms with van der Waals surface area (Å²) in [6.07, 6.45) is 7.04. The summed E-state index contributed by atoms with van der Waals surface area (Å²) >= 11 is 0. The van der Waals surface area contributed by atoms with Gasteiger partial charge in [-0.1, -0.05) is 0 Å². The first-order chi connectivity index (χ1) is 7.27. The number of aryl methyl sites for hydroxylation is 1. The molecule has 2 rings (SSSR count). The average Bonchev–Trinajstić information content (AvgIpc) is 2.24. The highest BCUT2D eigenvalue weighted by atomic mass is 15.2. The lowest BCUT2D eigenvalue weighted by Gasteiger charge is -2.29. The number of pyridine rings is 1. The van der Waals surface area contributed by atoms with Crippen LogP contribution in [0, 0.1) is 12.3 Å². The molecule has 3 heteroatoms. The molecule has 1 N–H and O–H groups in total. The number of piperidine rings is 1. The maximum atomic E-state index is 7.88. The van der Waals surface area contributed by atoms with Crippen LogP contribution in [0.1, 0.15) is 30.4 Å². The predicted molar refractivity (Wildman–Crippen MR) is 61.0 cm³/mol. The summed E-state index contributed by atoms with van der Waals surface area (Å²) in [5.74, 6) is 0.789. The van der Waals surface area contributed by atoms with Crippen molar-refractivity contribution in [3.8, 4) is 0 Å². The van der Waals surface area contributed by atoms with Crippen molar-refractivity contribution in [1.82, 2.24) is 9.88 Å². The summed E-state index contributed by atoms with van der Waals surface area (Å²) in [5, 5.41) is 7.88. The van der Waals surface area contributed by atoms with Crippen LogP contribution in [0.15, 0.2) is 18.5 Å². The Morgan fingerprint density at radius 2 is 2.33 bits per heavy atom. The lowest BCUT2D eigenvalue weighted by atomic mass is 10.1. The Kier molecular flexibility index (Phi) is 2.99. The van der Waals surface area contributed by atoms with Crippen molar-refractivity contribution in [2.45, 2.75) is 32.7 Å². The molecular formula is C12H17N3. The number of nitrogens with one attached hydrogen (secondary N) is 1. The lowest BCUT2D eigenvalue weighted by molar-refractivity contribution is 0.360. The van der Waals surface area contributed by atoms with Crippen LogP contribution in [0.5, 0.6) is 0 Å². The summed E-state index contributed by atoms with van der Waals surface area (Å²) in [4.78, 5) is 6.26. The molecule has 0 atom stereocenters. The second kappa shape index (κ2) is 4.43. The Morgan fingerprint density at radius 1 is 1.47 bits per heavy atom. The van der Waals surface area contributed by atoms with Crippen molar-refractivity contribution in [2.24, 2.45) is 0 Å². The minimum absolute atomic E-state index is 0.789. The van der Waals surface area contributed by atoms with Gasteiger partial charge in [-0.15, -0.1) is 0 Å². The Bertz CT molecular complexity index is 360. The first kappa shape index (κ1) is 10.1. The van der Waals surface area contributed by atoms with E-state index in [4.69, 9.17) is 5.41 Å². The molecule has 1 fully saturated rings. The van der Waals surface area contributed by atoms with Crippen molar-refractivity contribution >= 4 is 5.84 Å². The van der Waals surface area contributed by atoms with Gasteiger partial charge in [0, 0.05) is 31.9 Å². The van der Waals surface area contributed by atoms with Gasteiger partial charge in [-0.25, -0.2) is 0 Å². The fraction of sp³-hybridized carbons (Fsp3) is 0.500. The summed E-state index contributed by atoms with van der Waals surface area (Å²) < 4.78 is 0. The molecule has 0 unspecified atom stereocenters. The minimum Gasteiger partial charge on any atom is -0.356 e. The second-order valence-electron chi connectivity index (χ2n) is 4.13. The number of hydrogen-bond donors (Lipinski definition) is 1. The zero-order chi connectivity index (χ0) is 10.7. The van der Waals surface area contributed by atoms with Gasteiger partial charge in [-0.3, -0.25) is 10.4 Å². The fourth-order valence-corrected chi connectivity index (χ4v) is 1.95. The van der Waals surface area contributed by atoms with Crippen LogP contribution in [-0.2, 0) is 6.54 Å². The van der Waals surface area contributed by atoms with Crippen LogP contribution in [0.2, 0.25) is 0 Å². The molecular weight excluding hydrogens is 186 g/mol. The van der Waals surface area contributed by atoms with Crippen LogP contribution in [0.3, 0.4) is 0 Å². The van der Waals surface area contributed by atoms with E-state index in [-0.39, 0.29) is 0 Å². The number of rotatable bonds is 2. The van der Waals surface area contributed by atoms with E-state index in [1.165, 1.54) is 24.0 Å². The normalized spacial score (nSPS) is 16.9. The predicted octanol–water partition coefficient (Wildman–Crippen LogP) is 2.35. The Labute approximate surface area is 90.6 Å². The molecule has 0 spiro atoms. The first-order valence-electron chi connectivity index (χ1n) is 5.49. The van der Waals surface area contributed by atoms with Gasteiger partial charge in [0.1, 0.15) is 0 Å². The molecule has 0 bridgehead atoms. The molecule has 1 aromatic heterocycles. The van der Waals surface area contributed by atoms with Crippen LogP contribution in [-0.4, -0.2) is 22.3 Å². The van der Waals surface area contributed by atoms with Crippen LogP contribution >= 0.6 is 0 Å². The van der Waals surface area contributed by atoms with Gasteiger partial charge in [0.15, 0.2) is 0 Å². The molecule has 2 heterocycles. The zero-order valence-corrected chi connectivity index (χ0v) is 9.16. The fourth-order valence-electron chi connectivity index (χ4n) is 1.95. The van der Waals surface area contributed by atoms with E-state index in [1.807, 2.05) is 12.4 Å². The average molecular weight is 203 g/mol. The molecule has 0 radical (unpaired) electrons. The van der Waals surface area contributed by atoms with E-state index in [1.54, 1.807) is 0 Å². The van der Waals surface area contributed by atoms with E-state index in [0.29, 0.717) is 0 Å². The molecule has 80 valence electrons. The van der Waals surface area contributed by atoms with Crippen molar-refractivity contribution in [2.75, 3.05) is 6.54 Å². The third-order valence-corrected chi connectivity index (χ3v) is 2.97. The van der Waals surface area contributed by atoms with E-state index >= 15 is 0 Å². The first-order valence-corrected chi connectivity index (χ1v) is 5.49. The summed E-state index contributed by atoms with van der Waals surface area (Å²) in [6.45, 7) is 3.98. The van der Waals surface area contributed by atoms with Gasteiger partial charge < -0.3 is 4.90 Å². The molecule has 0 amide bonds. The lowest BCUT2D eigenvalue weighted by Crippen LogP contribution is -2.34. The van der Waals surface area contributed by atoms with Crippen LogP contribution in [0.4, 0.5) is 0 Å². The van der Waals surface area contributed by atoms with Gasteiger partial charge in [-0.05, 0) is 37.0 Å². The van der Waals surface area contributed by atoms with Crippen LogP contribution < -0.4 is 0 Å². The monoisotopic (exact) mass is 203 g/mol. The highest BCUT2D eigenvalue weighted by molar-refractivity contribution is 5.79. The van der Waals surface area contributed by atoms with E-state index < -0.39 is 0 Å². The molecule has 0 saturated carbocycles. The SMILES string of the molecule is Cc1cnccc1CN1CCCCC1=N.